The molecule has 3 aromatic carbocycles. The fourth-order valence-corrected chi connectivity index (χ4v) is 4.87. The van der Waals surface area contributed by atoms with Gasteiger partial charge in [0.25, 0.3) is 0 Å². The molecule has 0 bridgehead atoms. The van der Waals surface area contributed by atoms with Crippen molar-refractivity contribution in [3.05, 3.63) is 110 Å². The van der Waals surface area contributed by atoms with Gasteiger partial charge in [0.2, 0.25) is 0 Å². The summed E-state index contributed by atoms with van der Waals surface area (Å²) in [6.45, 7) is 8.75. The molecule has 0 heterocycles. The third-order valence-corrected chi connectivity index (χ3v) is 5.91. The van der Waals surface area contributed by atoms with Crippen molar-refractivity contribution in [1.82, 2.24) is 0 Å². The van der Waals surface area contributed by atoms with Crippen LogP contribution in [0.15, 0.2) is 84.9 Å². The fraction of sp³-hybridized carbons (Fsp3) is 0.0435. The maximum atomic E-state index is 11.6. The number of rotatable bonds is 4. The summed E-state index contributed by atoms with van der Waals surface area (Å²) < 4.78 is 0. The predicted octanol–water partition coefficient (Wildman–Crippen LogP) is 4.39. The molecule has 141 valence electrons. The van der Waals surface area contributed by atoms with Gasteiger partial charge in [-0.3, -0.25) is 0 Å². The second-order valence-corrected chi connectivity index (χ2v) is 7.97. The monoisotopic (exact) mass is 419 g/mol. The molecule has 3 aromatic rings. The first-order valence-electron chi connectivity index (χ1n) is 8.20. The van der Waals surface area contributed by atoms with Crippen molar-refractivity contribution < 1.29 is 26.4 Å². The molecular formula is C23H22NiO2P. The smallest absolute Gasteiger partial charge is 0.336 e. The molecule has 0 unspecified atom stereocenters. The average Bonchev–Trinajstić information content (AvgIpc) is 2.64. The van der Waals surface area contributed by atoms with Crippen molar-refractivity contribution in [1.29, 1.82) is 0 Å². The van der Waals surface area contributed by atoms with Crippen molar-refractivity contribution in [3.63, 3.8) is 0 Å². The van der Waals surface area contributed by atoms with Gasteiger partial charge in [-0.05, 0) is 49.7 Å². The minimum Gasteiger partial charge on any atom is -0.478 e. The molecule has 1 N–H and O–H groups in total. The van der Waals surface area contributed by atoms with E-state index >= 15 is 0 Å². The van der Waals surface area contributed by atoms with Gasteiger partial charge in [0.15, 0.2) is 0 Å². The second kappa shape index (κ2) is 11.7. The van der Waals surface area contributed by atoms with Gasteiger partial charge in [0.05, 0.1) is 5.56 Å². The molecule has 0 atom stereocenters. The number of aromatic carboxylic acids is 1. The summed E-state index contributed by atoms with van der Waals surface area (Å²) in [4.78, 5) is 11.6. The van der Waals surface area contributed by atoms with Gasteiger partial charge in [0, 0.05) is 16.5 Å². The zero-order valence-electron chi connectivity index (χ0n) is 15.1. The summed E-state index contributed by atoms with van der Waals surface area (Å²) in [5.74, 6) is 0.0370. The Bertz CT molecular complexity index is 778. The first-order chi connectivity index (χ1) is 12.5. The number of hydrogen-bond acceptors (Lipinski definition) is 1. The van der Waals surface area contributed by atoms with E-state index in [1.165, 1.54) is 0 Å². The number of carbonyl (C=O) groups is 1. The molecule has 3 rings (SSSR count). The molecule has 0 amide bonds. The predicted molar refractivity (Wildman–Crippen MR) is 112 cm³/mol. The Balaban J connectivity index is 0.000000666. The van der Waals surface area contributed by atoms with Crippen molar-refractivity contribution >= 4 is 29.8 Å². The molecule has 0 fully saturated rings. The van der Waals surface area contributed by atoms with Crippen LogP contribution in [0, 0.1) is 19.8 Å². The summed E-state index contributed by atoms with van der Waals surface area (Å²) in [5.41, 5.74) is 0.376. The standard InChI is InChI=1S/C19H15O2P.C4H7.Ni/c20-19(21)17-13-7-8-14-18(17)22(15-9-3-1-4-10-15)16-11-5-2-6-12-16;1-4(2)3;/h1-14H,(H,20,21);1-2H2,3H3;. The third kappa shape index (κ3) is 6.94. The van der Waals surface area contributed by atoms with Crippen molar-refractivity contribution in [2.45, 2.75) is 6.92 Å². The Morgan fingerprint density at radius 2 is 1.15 bits per heavy atom. The second-order valence-electron chi connectivity index (χ2n) is 5.79. The molecule has 0 spiro atoms. The van der Waals surface area contributed by atoms with Gasteiger partial charge < -0.3 is 5.11 Å². The van der Waals surface area contributed by atoms with Crippen LogP contribution < -0.4 is 15.9 Å². The summed E-state index contributed by atoms with van der Waals surface area (Å²) in [7, 11) is -0.880. The van der Waals surface area contributed by atoms with Crippen molar-refractivity contribution in [2.24, 2.45) is 0 Å². The van der Waals surface area contributed by atoms with Gasteiger partial charge in [-0.25, -0.2) is 4.79 Å². The van der Waals surface area contributed by atoms with E-state index in [1.54, 1.807) is 12.1 Å². The van der Waals surface area contributed by atoms with Crippen LogP contribution >= 0.6 is 7.92 Å². The molecular weight excluding hydrogens is 398 g/mol. The Kier molecular flexibility index (Phi) is 10.0. The van der Waals surface area contributed by atoms with E-state index in [0.29, 0.717) is 5.56 Å². The molecule has 0 aliphatic rings. The van der Waals surface area contributed by atoms with E-state index in [0.717, 1.165) is 21.8 Å². The molecule has 0 aromatic heterocycles. The Morgan fingerprint density at radius 3 is 1.56 bits per heavy atom. The molecule has 3 radical (unpaired) electrons. The maximum Gasteiger partial charge on any atom is 0.336 e. The van der Waals surface area contributed by atoms with E-state index in [4.69, 9.17) is 0 Å². The third-order valence-electron chi connectivity index (χ3n) is 3.40. The number of carboxylic acid groups (broad SMARTS) is 1. The summed E-state index contributed by atoms with van der Waals surface area (Å²) >= 11 is 0. The summed E-state index contributed by atoms with van der Waals surface area (Å²) in [5, 5.41) is 12.7. The zero-order valence-corrected chi connectivity index (χ0v) is 17.0. The van der Waals surface area contributed by atoms with Crippen LogP contribution in [-0.2, 0) is 16.5 Å². The van der Waals surface area contributed by atoms with Crippen molar-refractivity contribution in [3.8, 4) is 0 Å². The van der Waals surface area contributed by atoms with Crippen LogP contribution in [0.2, 0.25) is 0 Å². The zero-order chi connectivity index (χ0) is 18.9. The summed E-state index contributed by atoms with van der Waals surface area (Å²) in [6.07, 6.45) is 0. The Morgan fingerprint density at radius 1 is 0.778 bits per heavy atom. The van der Waals surface area contributed by atoms with Crippen LogP contribution in [0.5, 0.6) is 0 Å². The van der Waals surface area contributed by atoms with Gasteiger partial charge >= 0.3 is 5.97 Å². The van der Waals surface area contributed by atoms with Crippen LogP contribution in [0.3, 0.4) is 0 Å². The molecule has 0 saturated heterocycles. The van der Waals surface area contributed by atoms with Gasteiger partial charge in [-0.2, -0.15) is 0 Å². The van der Waals surface area contributed by atoms with Gasteiger partial charge in [-0.15, -0.1) is 0 Å². The Hall–Kier alpha value is -1.95. The van der Waals surface area contributed by atoms with Crippen LogP contribution in [0.1, 0.15) is 17.3 Å². The average molecular weight is 420 g/mol. The maximum absolute atomic E-state index is 11.6. The van der Waals surface area contributed by atoms with Crippen LogP contribution in [-0.4, -0.2) is 11.1 Å². The molecule has 4 heteroatoms. The number of hydrogen-bond donors (Lipinski definition) is 1. The molecule has 27 heavy (non-hydrogen) atoms. The molecule has 2 nitrogen and oxygen atoms in total. The minimum atomic E-state index is -0.880. The largest absolute Gasteiger partial charge is 0.478 e. The van der Waals surface area contributed by atoms with Crippen molar-refractivity contribution in [2.75, 3.05) is 0 Å². The van der Waals surface area contributed by atoms with Crippen LogP contribution in [0.4, 0.5) is 0 Å². The normalized spacial score (nSPS) is 9.96. The first-order valence-corrected chi connectivity index (χ1v) is 9.55. The fourth-order valence-electron chi connectivity index (χ4n) is 2.43. The Labute approximate surface area is 173 Å². The minimum absolute atomic E-state index is 0. The SMILES string of the molecule is O=C(O)c1ccccc1P(c1ccccc1)c1ccccc1.[CH2][C]([CH2])C.[Ni]. The summed E-state index contributed by atoms with van der Waals surface area (Å²) in [6, 6.07) is 27.5. The van der Waals surface area contributed by atoms with E-state index in [2.05, 4.69) is 38.1 Å². The number of benzene rings is 3. The van der Waals surface area contributed by atoms with Gasteiger partial charge in [0.1, 0.15) is 0 Å². The van der Waals surface area contributed by atoms with E-state index in [1.807, 2.05) is 55.5 Å². The molecule has 0 aliphatic carbocycles. The van der Waals surface area contributed by atoms with E-state index in [-0.39, 0.29) is 16.5 Å². The number of carboxylic acids is 1. The van der Waals surface area contributed by atoms with E-state index < -0.39 is 13.9 Å². The van der Waals surface area contributed by atoms with Crippen LogP contribution in [0.25, 0.3) is 0 Å². The topological polar surface area (TPSA) is 37.3 Å². The van der Waals surface area contributed by atoms with E-state index in [9.17, 15) is 9.90 Å². The molecule has 0 saturated carbocycles. The quantitative estimate of drug-likeness (QED) is 0.503. The van der Waals surface area contributed by atoms with Gasteiger partial charge in [-0.1, -0.05) is 85.8 Å². The molecule has 0 aliphatic heterocycles. The first kappa shape index (κ1) is 23.1.